The van der Waals surface area contributed by atoms with Gasteiger partial charge < -0.3 is 10.4 Å². The van der Waals surface area contributed by atoms with Crippen LogP contribution in [0, 0.1) is 0 Å². The number of rotatable bonds is 6. The molecule has 2 N–H and O–H groups in total. The maximum atomic E-state index is 9.96. The molecule has 1 heterocycles. The molecule has 16 heavy (non-hydrogen) atoms. The third-order valence-electron chi connectivity index (χ3n) is 2.29. The lowest BCUT2D eigenvalue weighted by Gasteiger charge is -2.22. The molecule has 0 amide bonds. The van der Waals surface area contributed by atoms with Crippen molar-refractivity contribution in [3.63, 3.8) is 0 Å². The summed E-state index contributed by atoms with van der Waals surface area (Å²) in [5.41, 5.74) is -0.618. The van der Waals surface area contributed by atoms with Crippen LogP contribution in [-0.4, -0.2) is 17.3 Å². The van der Waals surface area contributed by atoms with E-state index in [4.69, 9.17) is 11.6 Å². The summed E-state index contributed by atoms with van der Waals surface area (Å²) in [4.78, 5) is 1.17. The smallest absolute Gasteiger partial charge is 0.107 e. The molecule has 0 saturated heterocycles. The van der Waals surface area contributed by atoms with Crippen molar-refractivity contribution in [3.05, 3.63) is 19.8 Å². The van der Waals surface area contributed by atoms with Gasteiger partial charge in [0, 0.05) is 22.4 Å². The van der Waals surface area contributed by atoms with Gasteiger partial charge in [-0.2, -0.15) is 0 Å². The van der Waals surface area contributed by atoms with Crippen molar-refractivity contribution in [3.8, 4) is 0 Å². The second kappa shape index (κ2) is 6.36. The van der Waals surface area contributed by atoms with E-state index in [1.807, 2.05) is 13.0 Å². The van der Waals surface area contributed by atoms with Crippen molar-refractivity contribution in [1.82, 2.24) is 5.32 Å². The van der Waals surface area contributed by atoms with Crippen molar-refractivity contribution in [2.24, 2.45) is 0 Å². The van der Waals surface area contributed by atoms with E-state index in [2.05, 4.69) is 28.2 Å². The summed E-state index contributed by atoms with van der Waals surface area (Å²) in [6.07, 6.45) is 1.81. The minimum atomic E-state index is -0.618. The Balaban J connectivity index is 2.35. The monoisotopic (exact) mass is 325 g/mol. The van der Waals surface area contributed by atoms with E-state index in [1.165, 1.54) is 4.88 Å². The van der Waals surface area contributed by atoms with Gasteiger partial charge in [-0.15, -0.1) is 11.3 Å². The summed E-state index contributed by atoms with van der Waals surface area (Å²) in [5.74, 6) is 0. The van der Waals surface area contributed by atoms with Crippen LogP contribution in [0.2, 0.25) is 4.34 Å². The van der Waals surface area contributed by atoms with Gasteiger partial charge in [-0.05, 0) is 35.3 Å². The van der Waals surface area contributed by atoms with Crippen molar-refractivity contribution in [2.45, 2.75) is 38.8 Å². The standard InChI is InChI=1S/C11H17BrClNOS/c1-3-4-11(2,15)7-14-6-8-5-9(12)10(13)16-8/h5,14-15H,3-4,6-7H2,1-2H3. The molecule has 0 aromatic carbocycles. The summed E-state index contributed by atoms with van der Waals surface area (Å²) < 4.78 is 1.72. The Bertz CT molecular complexity index is 321. The van der Waals surface area contributed by atoms with Crippen LogP contribution in [0.4, 0.5) is 0 Å². The summed E-state index contributed by atoms with van der Waals surface area (Å²) in [6, 6.07) is 2.01. The quantitative estimate of drug-likeness (QED) is 0.833. The zero-order chi connectivity index (χ0) is 12.2. The van der Waals surface area contributed by atoms with Crippen LogP contribution in [0.1, 0.15) is 31.6 Å². The van der Waals surface area contributed by atoms with Crippen molar-refractivity contribution in [2.75, 3.05) is 6.54 Å². The first kappa shape index (κ1) is 14.5. The lowest BCUT2D eigenvalue weighted by Crippen LogP contribution is -2.37. The molecule has 1 rings (SSSR count). The molecule has 1 aromatic heterocycles. The fourth-order valence-corrected chi connectivity index (χ4v) is 3.32. The maximum Gasteiger partial charge on any atom is 0.107 e. The molecular formula is C11H17BrClNOS. The predicted octanol–water partition coefficient (Wildman–Crippen LogP) is 3.80. The number of thiophene rings is 1. The third kappa shape index (κ3) is 4.72. The van der Waals surface area contributed by atoms with E-state index in [-0.39, 0.29) is 0 Å². The van der Waals surface area contributed by atoms with Crippen molar-refractivity contribution < 1.29 is 5.11 Å². The van der Waals surface area contributed by atoms with E-state index in [0.29, 0.717) is 6.54 Å². The Morgan fingerprint density at radius 1 is 1.62 bits per heavy atom. The first-order valence-corrected chi connectivity index (χ1v) is 7.30. The highest BCUT2D eigenvalue weighted by molar-refractivity contribution is 9.10. The Morgan fingerprint density at radius 3 is 2.81 bits per heavy atom. The lowest BCUT2D eigenvalue weighted by atomic mass is 10.0. The van der Waals surface area contributed by atoms with Gasteiger partial charge in [0.15, 0.2) is 0 Å². The topological polar surface area (TPSA) is 32.3 Å². The third-order valence-corrected chi connectivity index (χ3v) is 4.76. The number of halogens is 2. The molecule has 0 saturated carbocycles. The minimum Gasteiger partial charge on any atom is -0.389 e. The lowest BCUT2D eigenvalue weighted by molar-refractivity contribution is 0.0498. The van der Waals surface area contributed by atoms with E-state index in [9.17, 15) is 5.11 Å². The van der Waals surface area contributed by atoms with Gasteiger partial charge in [0.2, 0.25) is 0 Å². The van der Waals surface area contributed by atoms with Crippen LogP contribution in [0.25, 0.3) is 0 Å². The van der Waals surface area contributed by atoms with Gasteiger partial charge in [-0.3, -0.25) is 0 Å². The van der Waals surface area contributed by atoms with Crippen LogP contribution in [0.15, 0.2) is 10.5 Å². The Labute approximate surface area is 114 Å². The molecule has 1 unspecified atom stereocenters. The summed E-state index contributed by atoms with van der Waals surface area (Å²) in [6.45, 7) is 5.29. The molecule has 2 nitrogen and oxygen atoms in total. The Hall–Kier alpha value is 0.390. The van der Waals surface area contributed by atoms with Gasteiger partial charge in [0.25, 0.3) is 0 Å². The highest BCUT2D eigenvalue weighted by Crippen LogP contribution is 2.31. The zero-order valence-corrected chi connectivity index (χ0v) is 12.7. The molecule has 0 aliphatic heterocycles. The molecule has 0 fully saturated rings. The van der Waals surface area contributed by atoms with Gasteiger partial charge in [-0.1, -0.05) is 24.9 Å². The number of hydrogen-bond acceptors (Lipinski definition) is 3. The first-order chi connectivity index (χ1) is 7.44. The largest absolute Gasteiger partial charge is 0.389 e. The van der Waals surface area contributed by atoms with Crippen LogP contribution in [0.3, 0.4) is 0 Å². The zero-order valence-electron chi connectivity index (χ0n) is 9.52. The molecular weight excluding hydrogens is 310 g/mol. The molecule has 5 heteroatoms. The molecule has 0 bridgehead atoms. The summed E-state index contributed by atoms with van der Waals surface area (Å²) in [7, 11) is 0. The van der Waals surface area contributed by atoms with E-state index in [0.717, 1.165) is 28.2 Å². The molecule has 0 spiro atoms. The molecule has 0 radical (unpaired) electrons. The van der Waals surface area contributed by atoms with Gasteiger partial charge >= 0.3 is 0 Å². The van der Waals surface area contributed by atoms with Crippen LogP contribution >= 0.6 is 38.9 Å². The molecule has 92 valence electrons. The molecule has 1 atom stereocenters. The van der Waals surface area contributed by atoms with Crippen LogP contribution < -0.4 is 5.32 Å². The number of nitrogens with one attached hydrogen (secondary N) is 1. The van der Waals surface area contributed by atoms with Crippen molar-refractivity contribution >= 4 is 38.9 Å². The van der Waals surface area contributed by atoms with E-state index < -0.39 is 5.60 Å². The van der Waals surface area contributed by atoms with Gasteiger partial charge in [-0.25, -0.2) is 0 Å². The predicted molar refractivity (Wildman–Crippen MR) is 74.3 cm³/mol. The highest BCUT2D eigenvalue weighted by Gasteiger charge is 2.18. The SMILES string of the molecule is CCCC(C)(O)CNCc1cc(Br)c(Cl)s1. The molecule has 1 aromatic rings. The van der Waals surface area contributed by atoms with Gasteiger partial charge in [0.05, 0.1) is 5.60 Å². The summed E-state index contributed by atoms with van der Waals surface area (Å²) in [5, 5.41) is 13.2. The first-order valence-electron chi connectivity index (χ1n) is 5.31. The fraction of sp³-hybridized carbons (Fsp3) is 0.636. The maximum absolute atomic E-state index is 9.96. The average Bonchev–Trinajstić information content (AvgIpc) is 2.45. The van der Waals surface area contributed by atoms with Gasteiger partial charge in [0.1, 0.15) is 4.34 Å². The molecule has 0 aliphatic carbocycles. The van der Waals surface area contributed by atoms with Crippen LogP contribution in [0.5, 0.6) is 0 Å². The second-order valence-corrected chi connectivity index (χ2v) is 6.78. The normalized spacial score (nSPS) is 15.1. The number of aliphatic hydroxyl groups is 1. The highest BCUT2D eigenvalue weighted by atomic mass is 79.9. The minimum absolute atomic E-state index is 0.605. The fourth-order valence-electron chi connectivity index (χ4n) is 1.56. The van der Waals surface area contributed by atoms with Crippen molar-refractivity contribution in [1.29, 1.82) is 0 Å². The van der Waals surface area contributed by atoms with E-state index in [1.54, 1.807) is 11.3 Å². The second-order valence-electron chi connectivity index (χ2n) is 4.18. The average molecular weight is 327 g/mol. The number of hydrogen-bond donors (Lipinski definition) is 2. The van der Waals surface area contributed by atoms with E-state index >= 15 is 0 Å². The Morgan fingerprint density at radius 2 is 2.31 bits per heavy atom. The van der Waals surface area contributed by atoms with Crippen LogP contribution in [-0.2, 0) is 6.54 Å². The molecule has 0 aliphatic rings. The summed E-state index contributed by atoms with van der Waals surface area (Å²) >= 11 is 10.9. The Kier molecular flexibility index (Phi) is 5.74.